The second kappa shape index (κ2) is 8.47. The van der Waals surface area contributed by atoms with E-state index in [9.17, 15) is 13.2 Å². The van der Waals surface area contributed by atoms with Crippen molar-refractivity contribution in [3.8, 4) is 0 Å². The van der Waals surface area contributed by atoms with E-state index in [4.69, 9.17) is 11.6 Å². The molecule has 0 atom stereocenters. The van der Waals surface area contributed by atoms with Crippen molar-refractivity contribution < 1.29 is 13.2 Å². The van der Waals surface area contributed by atoms with E-state index in [0.717, 1.165) is 11.1 Å². The van der Waals surface area contributed by atoms with Gasteiger partial charge in [-0.15, -0.1) is 0 Å². The number of nitrogens with zero attached hydrogens (tertiary/aromatic N) is 1. The normalized spacial score (nSPS) is 11.3. The van der Waals surface area contributed by atoms with Crippen LogP contribution in [-0.2, 0) is 21.4 Å². The largest absolute Gasteiger partial charge is 0.341 e. The van der Waals surface area contributed by atoms with Gasteiger partial charge in [-0.05, 0) is 30.7 Å². The number of nitrogens with one attached hydrogen (secondary N) is 1. The highest BCUT2D eigenvalue weighted by Gasteiger charge is 2.15. The molecule has 0 spiro atoms. The topological polar surface area (TPSA) is 66.5 Å². The van der Waals surface area contributed by atoms with Gasteiger partial charge in [-0.25, -0.2) is 13.1 Å². The van der Waals surface area contributed by atoms with E-state index in [1.807, 2.05) is 31.2 Å². The zero-order valence-corrected chi connectivity index (χ0v) is 15.8. The quantitative estimate of drug-likeness (QED) is 0.803. The highest BCUT2D eigenvalue weighted by atomic mass is 35.5. The highest BCUT2D eigenvalue weighted by molar-refractivity contribution is 7.89. The molecule has 134 valence electrons. The molecular weight excluding hydrogens is 360 g/mol. The van der Waals surface area contributed by atoms with Crippen LogP contribution < -0.4 is 4.72 Å². The summed E-state index contributed by atoms with van der Waals surface area (Å²) in [4.78, 5) is 13.8. The van der Waals surface area contributed by atoms with E-state index in [0.29, 0.717) is 11.6 Å². The molecule has 0 bridgehead atoms. The molecule has 0 aliphatic carbocycles. The van der Waals surface area contributed by atoms with Crippen LogP contribution in [0.4, 0.5) is 0 Å². The first-order valence-corrected chi connectivity index (χ1v) is 9.69. The number of carbonyl (C=O) groups excluding carboxylic acids is 1. The zero-order chi connectivity index (χ0) is 18.4. The minimum atomic E-state index is -3.67. The molecule has 0 saturated heterocycles. The van der Waals surface area contributed by atoms with Crippen LogP contribution in [-0.4, -0.2) is 32.8 Å². The molecule has 2 rings (SSSR count). The predicted octanol–water partition coefficient (Wildman–Crippen LogP) is 2.98. The van der Waals surface area contributed by atoms with Crippen LogP contribution in [0, 0.1) is 6.92 Å². The van der Waals surface area contributed by atoms with Crippen molar-refractivity contribution in [2.75, 3.05) is 13.6 Å². The SMILES string of the molecule is Cc1ccc(CN(C)C(=O)CCNS(=O)(=O)c2cccc(Cl)c2)cc1. The standard InChI is InChI=1S/C18H21ClN2O3S/c1-14-6-8-15(9-7-14)13-21(2)18(22)10-11-20-25(23,24)17-5-3-4-16(19)12-17/h3-9,12,20H,10-11,13H2,1-2H3. The van der Waals surface area contributed by atoms with E-state index in [1.54, 1.807) is 24.1 Å². The number of amides is 1. The van der Waals surface area contributed by atoms with E-state index in [2.05, 4.69) is 4.72 Å². The van der Waals surface area contributed by atoms with Gasteiger partial charge >= 0.3 is 0 Å². The second-order valence-electron chi connectivity index (χ2n) is 5.84. The first-order valence-electron chi connectivity index (χ1n) is 7.83. The van der Waals surface area contributed by atoms with Gasteiger partial charge in [0.25, 0.3) is 0 Å². The van der Waals surface area contributed by atoms with E-state index in [1.165, 1.54) is 12.1 Å². The van der Waals surface area contributed by atoms with Crippen LogP contribution in [0.1, 0.15) is 17.5 Å². The molecule has 0 heterocycles. The lowest BCUT2D eigenvalue weighted by molar-refractivity contribution is -0.130. The molecule has 0 fully saturated rings. The van der Waals surface area contributed by atoms with Crippen molar-refractivity contribution in [2.45, 2.75) is 24.8 Å². The van der Waals surface area contributed by atoms with E-state index in [-0.39, 0.29) is 23.8 Å². The van der Waals surface area contributed by atoms with Crippen LogP contribution in [0.5, 0.6) is 0 Å². The number of sulfonamides is 1. The van der Waals surface area contributed by atoms with Crippen LogP contribution in [0.25, 0.3) is 0 Å². The summed E-state index contributed by atoms with van der Waals surface area (Å²) in [5.41, 5.74) is 2.19. The molecule has 5 nitrogen and oxygen atoms in total. The average molecular weight is 381 g/mol. The van der Waals surface area contributed by atoms with Gasteiger partial charge in [0, 0.05) is 31.6 Å². The lowest BCUT2D eigenvalue weighted by Crippen LogP contribution is -2.31. The van der Waals surface area contributed by atoms with E-state index < -0.39 is 10.0 Å². The third-order valence-corrected chi connectivity index (χ3v) is 5.40. The third kappa shape index (κ3) is 5.85. The van der Waals surface area contributed by atoms with Gasteiger partial charge in [-0.3, -0.25) is 4.79 Å². The van der Waals surface area contributed by atoms with Crippen LogP contribution in [0.2, 0.25) is 5.02 Å². The summed E-state index contributed by atoms with van der Waals surface area (Å²) >= 11 is 5.81. The number of aryl methyl sites for hydroxylation is 1. The molecule has 7 heteroatoms. The Labute approximate surface area is 153 Å². The highest BCUT2D eigenvalue weighted by Crippen LogP contribution is 2.15. The Morgan fingerprint density at radius 3 is 2.48 bits per heavy atom. The summed E-state index contributed by atoms with van der Waals surface area (Å²) in [6.07, 6.45) is 0.0855. The number of benzene rings is 2. The minimum Gasteiger partial charge on any atom is -0.341 e. The number of rotatable bonds is 7. The maximum atomic E-state index is 12.2. The Morgan fingerprint density at radius 2 is 1.84 bits per heavy atom. The molecule has 0 saturated carbocycles. The number of halogens is 1. The lowest BCUT2D eigenvalue weighted by atomic mass is 10.1. The van der Waals surface area contributed by atoms with Crippen LogP contribution in [0.3, 0.4) is 0 Å². The average Bonchev–Trinajstić information content (AvgIpc) is 2.56. The summed E-state index contributed by atoms with van der Waals surface area (Å²) in [7, 11) is -1.97. The fourth-order valence-corrected chi connectivity index (χ4v) is 3.59. The Kier molecular flexibility index (Phi) is 6.58. The summed E-state index contributed by atoms with van der Waals surface area (Å²) in [6.45, 7) is 2.52. The Morgan fingerprint density at radius 1 is 1.16 bits per heavy atom. The third-order valence-electron chi connectivity index (χ3n) is 3.70. The van der Waals surface area contributed by atoms with Gasteiger partial charge in [0.1, 0.15) is 0 Å². The maximum Gasteiger partial charge on any atom is 0.240 e. The van der Waals surface area contributed by atoms with Crippen molar-refractivity contribution >= 4 is 27.5 Å². The van der Waals surface area contributed by atoms with Crippen molar-refractivity contribution in [1.82, 2.24) is 9.62 Å². The number of hydrogen-bond acceptors (Lipinski definition) is 3. The molecule has 1 amide bonds. The summed E-state index contributed by atoms with van der Waals surface area (Å²) in [6, 6.07) is 13.9. The molecule has 2 aromatic rings. The van der Waals surface area contributed by atoms with Gasteiger partial charge < -0.3 is 4.90 Å². The van der Waals surface area contributed by atoms with Gasteiger partial charge in [-0.2, -0.15) is 0 Å². The van der Waals surface area contributed by atoms with Crippen LogP contribution >= 0.6 is 11.6 Å². The van der Waals surface area contributed by atoms with Crippen LogP contribution in [0.15, 0.2) is 53.4 Å². The molecule has 0 unspecified atom stereocenters. The lowest BCUT2D eigenvalue weighted by Gasteiger charge is -2.17. The minimum absolute atomic E-state index is 0.0336. The number of carbonyl (C=O) groups is 1. The molecule has 1 N–H and O–H groups in total. The predicted molar refractivity (Wildman–Crippen MR) is 98.9 cm³/mol. The molecular formula is C18H21ClN2O3S. The number of hydrogen-bond donors (Lipinski definition) is 1. The molecule has 0 aliphatic rings. The molecule has 25 heavy (non-hydrogen) atoms. The first-order chi connectivity index (χ1) is 11.8. The Hall–Kier alpha value is -1.89. The monoisotopic (exact) mass is 380 g/mol. The van der Waals surface area contributed by atoms with Crippen molar-refractivity contribution in [3.63, 3.8) is 0 Å². The summed E-state index contributed by atoms with van der Waals surface area (Å²) in [5.74, 6) is -0.130. The Balaban J connectivity index is 1.86. The zero-order valence-electron chi connectivity index (χ0n) is 14.2. The molecule has 0 aliphatic heterocycles. The van der Waals surface area contributed by atoms with Gasteiger partial charge in [-0.1, -0.05) is 47.5 Å². The summed E-state index contributed by atoms with van der Waals surface area (Å²) < 4.78 is 26.8. The Bertz CT molecular complexity index is 836. The molecule has 2 aromatic carbocycles. The molecule has 0 radical (unpaired) electrons. The second-order valence-corrected chi connectivity index (χ2v) is 8.04. The van der Waals surface area contributed by atoms with Crippen molar-refractivity contribution in [1.29, 1.82) is 0 Å². The van der Waals surface area contributed by atoms with Gasteiger partial charge in [0.15, 0.2) is 0 Å². The maximum absolute atomic E-state index is 12.2. The fraction of sp³-hybridized carbons (Fsp3) is 0.278. The smallest absolute Gasteiger partial charge is 0.240 e. The molecule has 0 aromatic heterocycles. The van der Waals surface area contributed by atoms with E-state index >= 15 is 0 Å². The van der Waals surface area contributed by atoms with Crippen molar-refractivity contribution in [2.24, 2.45) is 0 Å². The fourth-order valence-electron chi connectivity index (χ4n) is 2.26. The summed E-state index contributed by atoms with van der Waals surface area (Å²) in [5, 5.41) is 0.344. The van der Waals surface area contributed by atoms with Crippen molar-refractivity contribution in [3.05, 3.63) is 64.7 Å². The van der Waals surface area contributed by atoms with Gasteiger partial charge in [0.05, 0.1) is 4.90 Å². The van der Waals surface area contributed by atoms with Gasteiger partial charge in [0.2, 0.25) is 15.9 Å². The first kappa shape index (κ1) is 19.4.